The number of hydrogen-bond donors (Lipinski definition) is 0. The molecule has 4 heteroatoms. The van der Waals surface area contributed by atoms with Gasteiger partial charge in [0.05, 0.1) is 5.69 Å². The van der Waals surface area contributed by atoms with E-state index in [1.807, 2.05) is 13.8 Å². The van der Waals surface area contributed by atoms with Crippen molar-refractivity contribution in [3.8, 4) is 0 Å². The fourth-order valence-corrected chi connectivity index (χ4v) is 2.72. The summed E-state index contributed by atoms with van der Waals surface area (Å²) in [6.45, 7) is 7.14. The summed E-state index contributed by atoms with van der Waals surface area (Å²) in [6, 6.07) is 2.71. The average molecular weight is 264 g/mol. The maximum Gasteiger partial charge on any atom is 0.138 e. The van der Waals surface area contributed by atoms with E-state index in [1.54, 1.807) is 11.3 Å². The van der Waals surface area contributed by atoms with Crippen molar-refractivity contribution in [2.24, 2.45) is 0 Å². The lowest BCUT2D eigenvalue weighted by Gasteiger charge is -2.24. The van der Waals surface area contributed by atoms with Crippen molar-refractivity contribution in [3.63, 3.8) is 0 Å². The van der Waals surface area contributed by atoms with E-state index in [0.29, 0.717) is 6.04 Å². The molecule has 0 unspecified atom stereocenters. The molecule has 0 aliphatic carbocycles. The predicted molar refractivity (Wildman–Crippen MR) is 74.9 cm³/mol. The smallest absolute Gasteiger partial charge is 0.138 e. The zero-order valence-electron chi connectivity index (χ0n) is 11.4. The molecule has 0 bridgehead atoms. The molecular formula is C14H20N2OS. The van der Waals surface area contributed by atoms with Gasteiger partial charge in [0.2, 0.25) is 0 Å². The second kappa shape index (κ2) is 5.67. The molecule has 0 radical (unpaired) electrons. The number of likely N-dealkylation sites (N-methyl/N-ethyl adjacent to an activating group) is 1. The Hall–Kier alpha value is -1.13. The van der Waals surface area contributed by atoms with Crippen molar-refractivity contribution in [1.29, 1.82) is 0 Å². The molecule has 18 heavy (non-hydrogen) atoms. The van der Waals surface area contributed by atoms with E-state index in [-0.39, 0.29) is 0 Å². The molecule has 2 heterocycles. The molecule has 0 aliphatic rings. The van der Waals surface area contributed by atoms with Gasteiger partial charge in [0.15, 0.2) is 0 Å². The van der Waals surface area contributed by atoms with Crippen molar-refractivity contribution < 1.29 is 4.52 Å². The molecule has 0 fully saturated rings. The Morgan fingerprint density at radius 2 is 2.22 bits per heavy atom. The van der Waals surface area contributed by atoms with Gasteiger partial charge in [-0.3, -0.25) is 4.90 Å². The lowest BCUT2D eigenvalue weighted by Crippen LogP contribution is -2.30. The Bertz CT molecular complexity index is 470. The van der Waals surface area contributed by atoms with Crippen molar-refractivity contribution in [3.05, 3.63) is 39.4 Å². The molecule has 0 aromatic carbocycles. The summed E-state index contributed by atoms with van der Waals surface area (Å²) < 4.78 is 5.21. The summed E-state index contributed by atoms with van der Waals surface area (Å²) in [4.78, 5) is 2.35. The number of aryl methyl sites for hydroxylation is 2. The van der Waals surface area contributed by atoms with E-state index in [4.69, 9.17) is 4.52 Å². The second-order valence-electron chi connectivity index (χ2n) is 4.90. The molecule has 0 saturated carbocycles. The quantitative estimate of drug-likeness (QED) is 0.828. The molecule has 1 atom stereocenters. The first-order valence-electron chi connectivity index (χ1n) is 6.21. The maximum absolute atomic E-state index is 5.21. The van der Waals surface area contributed by atoms with Gasteiger partial charge in [0.1, 0.15) is 5.76 Å². The number of aromatic nitrogens is 1. The van der Waals surface area contributed by atoms with Crippen LogP contribution in [-0.4, -0.2) is 23.1 Å². The van der Waals surface area contributed by atoms with E-state index in [1.165, 1.54) is 11.1 Å². The zero-order chi connectivity index (χ0) is 13.1. The van der Waals surface area contributed by atoms with Crippen LogP contribution >= 0.6 is 11.3 Å². The third-order valence-corrected chi connectivity index (χ3v) is 4.18. The molecule has 0 N–H and O–H groups in total. The standard InChI is InChI=1S/C14H20N2OS/c1-10(7-13-5-6-18-9-13)16(4)8-14-11(2)15-17-12(14)3/h5-6,9-10H,7-8H2,1-4H3/t10-/m1/s1. The van der Waals surface area contributed by atoms with Gasteiger partial charge in [0, 0.05) is 18.2 Å². The van der Waals surface area contributed by atoms with Gasteiger partial charge < -0.3 is 4.52 Å². The highest BCUT2D eigenvalue weighted by Gasteiger charge is 2.15. The summed E-state index contributed by atoms with van der Waals surface area (Å²) in [6.07, 6.45) is 1.09. The third-order valence-electron chi connectivity index (χ3n) is 3.45. The summed E-state index contributed by atoms with van der Waals surface area (Å²) in [7, 11) is 2.16. The van der Waals surface area contributed by atoms with Crippen molar-refractivity contribution in [2.45, 2.75) is 39.8 Å². The van der Waals surface area contributed by atoms with E-state index >= 15 is 0 Å². The van der Waals surface area contributed by atoms with Crippen LogP contribution in [0.25, 0.3) is 0 Å². The van der Waals surface area contributed by atoms with Gasteiger partial charge in [-0.15, -0.1) is 0 Å². The summed E-state index contributed by atoms with van der Waals surface area (Å²) >= 11 is 1.76. The maximum atomic E-state index is 5.21. The van der Waals surface area contributed by atoms with Crippen molar-refractivity contribution in [2.75, 3.05) is 7.05 Å². The first-order chi connectivity index (χ1) is 8.58. The number of thiophene rings is 1. The van der Waals surface area contributed by atoms with Crippen LogP contribution in [0.15, 0.2) is 21.3 Å². The Morgan fingerprint density at radius 3 is 2.78 bits per heavy atom. The molecule has 2 aromatic heterocycles. The van der Waals surface area contributed by atoms with Crippen LogP contribution in [0.5, 0.6) is 0 Å². The Morgan fingerprint density at radius 1 is 1.44 bits per heavy atom. The van der Waals surface area contributed by atoms with E-state index in [0.717, 1.165) is 24.4 Å². The minimum Gasteiger partial charge on any atom is -0.361 e. The first kappa shape index (κ1) is 13.3. The zero-order valence-corrected chi connectivity index (χ0v) is 12.3. The number of nitrogens with zero attached hydrogens (tertiary/aromatic N) is 2. The molecule has 98 valence electrons. The van der Waals surface area contributed by atoms with Crippen molar-refractivity contribution in [1.82, 2.24) is 10.1 Å². The van der Waals surface area contributed by atoms with Crippen molar-refractivity contribution >= 4 is 11.3 Å². The van der Waals surface area contributed by atoms with Crippen LogP contribution < -0.4 is 0 Å². The van der Waals surface area contributed by atoms with Crippen LogP contribution in [0.3, 0.4) is 0 Å². The third kappa shape index (κ3) is 3.00. The van der Waals surface area contributed by atoms with Crippen LogP contribution in [0.4, 0.5) is 0 Å². The van der Waals surface area contributed by atoms with E-state index in [2.05, 4.69) is 40.9 Å². The SMILES string of the molecule is Cc1noc(C)c1CN(C)[C@H](C)Cc1ccsc1. The molecular weight excluding hydrogens is 244 g/mol. The van der Waals surface area contributed by atoms with Crippen LogP contribution in [0.1, 0.15) is 29.5 Å². The largest absolute Gasteiger partial charge is 0.361 e. The molecule has 0 aliphatic heterocycles. The minimum atomic E-state index is 0.508. The lowest BCUT2D eigenvalue weighted by atomic mass is 10.1. The lowest BCUT2D eigenvalue weighted by molar-refractivity contribution is 0.246. The molecule has 0 saturated heterocycles. The summed E-state index contributed by atoms with van der Waals surface area (Å²) in [5.74, 6) is 0.932. The van der Waals surface area contributed by atoms with Crippen LogP contribution in [-0.2, 0) is 13.0 Å². The highest BCUT2D eigenvalue weighted by molar-refractivity contribution is 7.07. The van der Waals surface area contributed by atoms with E-state index < -0.39 is 0 Å². The van der Waals surface area contributed by atoms with Crippen LogP contribution in [0.2, 0.25) is 0 Å². The normalized spacial score (nSPS) is 13.2. The van der Waals surface area contributed by atoms with Gasteiger partial charge in [0.25, 0.3) is 0 Å². The van der Waals surface area contributed by atoms with Gasteiger partial charge in [-0.05, 0) is 56.6 Å². The number of hydrogen-bond acceptors (Lipinski definition) is 4. The Balaban J connectivity index is 1.97. The second-order valence-corrected chi connectivity index (χ2v) is 5.68. The van der Waals surface area contributed by atoms with Crippen LogP contribution in [0, 0.1) is 13.8 Å². The molecule has 0 spiro atoms. The summed E-state index contributed by atoms with van der Waals surface area (Å²) in [5.41, 5.74) is 3.63. The monoisotopic (exact) mass is 264 g/mol. The molecule has 2 aromatic rings. The number of rotatable bonds is 5. The highest BCUT2D eigenvalue weighted by Crippen LogP contribution is 2.17. The average Bonchev–Trinajstić information content (AvgIpc) is 2.94. The summed E-state index contributed by atoms with van der Waals surface area (Å²) in [5, 5.41) is 8.36. The molecule has 3 nitrogen and oxygen atoms in total. The predicted octanol–water partition coefficient (Wildman–Crippen LogP) is 3.42. The van der Waals surface area contributed by atoms with Gasteiger partial charge in [-0.2, -0.15) is 11.3 Å². The highest BCUT2D eigenvalue weighted by atomic mass is 32.1. The molecule has 2 rings (SSSR count). The Kier molecular flexibility index (Phi) is 4.19. The van der Waals surface area contributed by atoms with Gasteiger partial charge in [-0.1, -0.05) is 5.16 Å². The minimum absolute atomic E-state index is 0.508. The fourth-order valence-electron chi connectivity index (χ4n) is 2.04. The first-order valence-corrected chi connectivity index (χ1v) is 7.15. The van der Waals surface area contributed by atoms with Gasteiger partial charge in [-0.25, -0.2) is 0 Å². The topological polar surface area (TPSA) is 29.3 Å². The van der Waals surface area contributed by atoms with E-state index in [9.17, 15) is 0 Å². The fraction of sp³-hybridized carbons (Fsp3) is 0.500. The Labute approximate surface area is 112 Å². The van der Waals surface area contributed by atoms with Gasteiger partial charge >= 0.3 is 0 Å². The molecule has 0 amide bonds.